The van der Waals surface area contributed by atoms with Gasteiger partial charge < -0.3 is 20.5 Å². The van der Waals surface area contributed by atoms with Gasteiger partial charge in [-0.15, -0.1) is 0 Å². The first kappa shape index (κ1) is 23.9. The van der Waals surface area contributed by atoms with Crippen LogP contribution in [0.2, 0.25) is 0 Å². The van der Waals surface area contributed by atoms with Crippen molar-refractivity contribution in [1.82, 2.24) is 14.1 Å². The number of ether oxygens (including phenoxy) is 2. The Morgan fingerprint density at radius 2 is 1.90 bits per heavy atom. The number of nitrogens with one attached hydrogen (secondary N) is 1. The van der Waals surface area contributed by atoms with Crippen molar-refractivity contribution in [2.24, 2.45) is 0 Å². The predicted octanol–water partition coefficient (Wildman–Crippen LogP) is 1.48. The van der Waals surface area contributed by atoms with Gasteiger partial charge in [-0.2, -0.15) is 0 Å². The molecular formula is C21H29N5O5. The van der Waals surface area contributed by atoms with Crippen molar-refractivity contribution in [3.8, 4) is 5.88 Å². The van der Waals surface area contributed by atoms with Crippen molar-refractivity contribution < 1.29 is 14.3 Å². The van der Waals surface area contributed by atoms with Gasteiger partial charge in [0, 0.05) is 31.4 Å². The predicted molar refractivity (Wildman–Crippen MR) is 119 cm³/mol. The van der Waals surface area contributed by atoms with Crippen LogP contribution >= 0.6 is 0 Å². The number of anilines is 2. The van der Waals surface area contributed by atoms with Gasteiger partial charge in [0.15, 0.2) is 0 Å². The van der Waals surface area contributed by atoms with Crippen LogP contribution in [0.4, 0.5) is 11.5 Å². The Morgan fingerprint density at radius 1 is 1.19 bits per heavy atom. The SMILES string of the molecule is CCn1c(N)c(NC(=O)/C=C/c2ccc(OCCOC(C)C)nc2)c(=O)n(CC)c1=O. The summed E-state index contributed by atoms with van der Waals surface area (Å²) < 4.78 is 13.1. The van der Waals surface area contributed by atoms with Crippen LogP contribution in [0.25, 0.3) is 6.08 Å². The number of carbonyl (C=O) groups is 1. The molecule has 2 aromatic heterocycles. The highest BCUT2D eigenvalue weighted by Gasteiger charge is 2.16. The van der Waals surface area contributed by atoms with E-state index < -0.39 is 17.2 Å². The molecule has 2 heterocycles. The monoisotopic (exact) mass is 431 g/mol. The van der Waals surface area contributed by atoms with Crippen molar-refractivity contribution in [3.63, 3.8) is 0 Å². The quantitative estimate of drug-likeness (QED) is 0.430. The minimum Gasteiger partial charge on any atom is -0.475 e. The van der Waals surface area contributed by atoms with Gasteiger partial charge in [0.2, 0.25) is 11.8 Å². The van der Waals surface area contributed by atoms with E-state index in [1.807, 2.05) is 13.8 Å². The number of amides is 1. The first-order valence-electron chi connectivity index (χ1n) is 10.1. The summed E-state index contributed by atoms with van der Waals surface area (Å²) in [5, 5.41) is 2.48. The fourth-order valence-electron chi connectivity index (χ4n) is 2.76. The summed E-state index contributed by atoms with van der Waals surface area (Å²) in [6, 6.07) is 3.42. The Labute approximate surface area is 180 Å². The van der Waals surface area contributed by atoms with E-state index in [1.54, 1.807) is 38.3 Å². The Balaban J connectivity index is 2.06. The minimum atomic E-state index is -0.638. The number of nitrogens with two attached hydrogens (primary N) is 1. The Hall–Kier alpha value is -3.40. The molecule has 3 N–H and O–H groups in total. The van der Waals surface area contributed by atoms with Crippen molar-refractivity contribution >= 4 is 23.5 Å². The van der Waals surface area contributed by atoms with Gasteiger partial charge in [0.1, 0.15) is 18.1 Å². The molecule has 10 heteroatoms. The number of nitrogen functional groups attached to an aromatic ring is 1. The highest BCUT2D eigenvalue weighted by molar-refractivity contribution is 6.03. The second-order valence-corrected chi connectivity index (χ2v) is 6.86. The molecule has 0 aromatic carbocycles. The molecule has 0 aliphatic carbocycles. The van der Waals surface area contributed by atoms with Gasteiger partial charge in [0.25, 0.3) is 5.56 Å². The smallest absolute Gasteiger partial charge is 0.332 e. The van der Waals surface area contributed by atoms with Crippen LogP contribution in [-0.2, 0) is 22.6 Å². The molecule has 2 rings (SSSR count). The maximum Gasteiger partial charge on any atom is 0.332 e. The molecular weight excluding hydrogens is 402 g/mol. The summed E-state index contributed by atoms with van der Waals surface area (Å²) in [4.78, 5) is 41.2. The van der Waals surface area contributed by atoms with Gasteiger partial charge in [-0.05, 0) is 45.4 Å². The molecule has 2 aromatic rings. The number of hydrogen-bond donors (Lipinski definition) is 2. The maximum absolute atomic E-state index is 12.5. The van der Waals surface area contributed by atoms with E-state index in [1.165, 1.54) is 10.6 Å². The van der Waals surface area contributed by atoms with Gasteiger partial charge in [-0.3, -0.25) is 18.7 Å². The standard InChI is InChI=1S/C21H29N5O5/c1-5-25-19(22)18(20(28)26(6-2)21(25)29)24-16(27)9-7-15-8-10-17(23-13-15)31-12-11-30-14(3)4/h7-10,13-14H,5-6,11-12,22H2,1-4H3,(H,24,27)/b9-7+. The van der Waals surface area contributed by atoms with Gasteiger partial charge in [-0.1, -0.05) is 0 Å². The molecule has 31 heavy (non-hydrogen) atoms. The second-order valence-electron chi connectivity index (χ2n) is 6.86. The van der Waals surface area contributed by atoms with Crippen molar-refractivity contribution in [2.45, 2.75) is 46.9 Å². The molecule has 0 aliphatic rings. The van der Waals surface area contributed by atoms with Crippen molar-refractivity contribution in [3.05, 3.63) is 50.8 Å². The fraction of sp³-hybridized carbons (Fsp3) is 0.429. The van der Waals surface area contributed by atoms with Crippen molar-refractivity contribution in [1.29, 1.82) is 0 Å². The molecule has 10 nitrogen and oxygen atoms in total. The molecule has 0 bridgehead atoms. The van der Waals surface area contributed by atoms with E-state index in [4.69, 9.17) is 15.2 Å². The molecule has 1 amide bonds. The molecule has 0 saturated carbocycles. The second kappa shape index (κ2) is 11.1. The number of rotatable bonds is 10. The Kier molecular flexibility index (Phi) is 8.56. The lowest BCUT2D eigenvalue weighted by Gasteiger charge is -2.14. The lowest BCUT2D eigenvalue weighted by Crippen LogP contribution is -2.42. The molecule has 0 aliphatic heterocycles. The van der Waals surface area contributed by atoms with Crippen LogP contribution in [0.5, 0.6) is 5.88 Å². The molecule has 0 fully saturated rings. The number of hydrogen-bond acceptors (Lipinski definition) is 7. The minimum absolute atomic E-state index is 0.0754. The van der Waals surface area contributed by atoms with Crippen LogP contribution < -0.4 is 27.0 Å². The third-order valence-electron chi connectivity index (χ3n) is 4.32. The molecule has 0 radical (unpaired) electrons. The first-order valence-corrected chi connectivity index (χ1v) is 10.1. The highest BCUT2D eigenvalue weighted by Crippen LogP contribution is 2.12. The van der Waals surface area contributed by atoms with Crippen molar-refractivity contribution in [2.75, 3.05) is 24.3 Å². The van der Waals surface area contributed by atoms with Crippen LogP contribution in [-0.4, -0.2) is 39.3 Å². The first-order chi connectivity index (χ1) is 14.8. The number of aromatic nitrogens is 3. The van der Waals surface area contributed by atoms with Gasteiger partial charge in [-0.25, -0.2) is 9.78 Å². The maximum atomic E-state index is 12.5. The molecule has 168 valence electrons. The van der Waals surface area contributed by atoms with E-state index in [-0.39, 0.29) is 30.7 Å². The van der Waals surface area contributed by atoms with Crippen LogP contribution in [0.15, 0.2) is 34.0 Å². The zero-order chi connectivity index (χ0) is 23.0. The van der Waals surface area contributed by atoms with Gasteiger partial charge in [0.05, 0.1) is 12.7 Å². The highest BCUT2D eigenvalue weighted by atomic mass is 16.5. The zero-order valence-corrected chi connectivity index (χ0v) is 18.3. The normalized spacial score (nSPS) is 11.3. The summed E-state index contributed by atoms with van der Waals surface area (Å²) in [7, 11) is 0. The van der Waals surface area contributed by atoms with Crippen LogP contribution in [0.1, 0.15) is 33.3 Å². The van der Waals surface area contributed by atoms with Crippen LogP contribution in [0.3, 0.4) is 0 Å². The largest absolute Gasteiger partial charge is 0.475 e. The number of carbonyl (C=O) groups excluding carboxylic acids is 1. The van der Waals surface area contributed by atoms with E-state index in [9.17, 15) is 14.4 Å². The van der Waals surface area contributed by atoms with E-state index >= 15 is 0 Å². The fourth-order valence-corrected chi connectivity index (χ4v) is 2.76. The molecule has 0 saturated heterocycles. The summed E-state index contributed by atoms with van der Waals surface area (Å²) in [6.07, 6.45) is 4.49. The van der Waals surface area contributed by atoms with Gasteiger partial charge >= 0.3 is 5.69 Å². The summed E-state index contributed by atoms with van der Waals surface area (Å²) in [6.45, 7) is 8.59. The molecule has 0 unspecified atom stereocenters. The summed E-state index contributed by atoms with van der Waals surface area (Å²) >= 11 is 0. The number of pyridine rings is 1. The third-order valence-corrected chi connectivity index (χ3v) is 4.32. The third kappa shape index (κ3) is 6.29. The zero-order valence-electron chi connectivity index (χ0n) is 18.3. The molecule has 0 atom stereocenters. The Morgan fingerprint density at radius 3 is 2.48 bits per heavy atom. The Bertz CT molecular complexity index is 1040. The topological polar surface area (TPSA) is 130 Å². The van der Waals surface area contributed by atoms with E-state index in [0.717, 1.165) is 4.57 Å². The average Bonchev–Trinajstić information content (AvgIpc) is 2.74. The summed E-state index contributed by atoms with van der Waals surface area (Å²) in [5.74, 6) is -0.184. The average molecular weight is 431 g/mol. The van der Waals surface area contributed by atoms with Crippen LogP contribution in [0, 0.1) is 0 Å². The summed E-state index contributed by atoms with van der Waals surface area (Å²) in [5.41, 5.74) is 5.33. The number of nitrogens with zero attached hydrogens (tertiary/aromatic N) is 3. The lowest BCUT2D eigenvalue weighted by molar-refractivity contribution is -0.111. The molecule has 0 spiro atoms. The van der Waals surface area contributed by atoms with E-state index in [0.29, 0.717) is 24.7 Å². The lowest BCUT2D eigenvalue weighted by atomic mass is 10.2. The van der Waals surface area contributed by atoms with E-state index in [2.05, 4.69) is 10.3 Å².